The summed E-state index contributed by atoms with van der Waals surface area (Å²) in [5.41, 5.74) is 3.05. The highest BCUT2D eigenvalue weighted by Gasteiger charge is 2.27. The highest BCUT2D eigenvalue weighted by Crippen LogP contribution is 2.40. The van der Waals surface area contributed by atoms with Gasteiger partial charge in [0.05, 0.1) is 4.47 Å². The summed E-state index contributed by atoms with van der Waals surface area (Å²) in [6.07, 6.45) is 0. The van der Waals surface area contributed by atoms with Crippen molar-refractivity contribution in [3.63, 3.8) is 0 Å². The average molecular weight is 305 g/mol. The van der Waals surface area contributed by atoms with Gasteiger partial charge in [0, 0.05) is 11.0 Å². The van der Waals surface area contributed by atoms with E-state index in [2.05, 4.69) is 41.9 Å². The van der Waals surface area contributed by atoms with Crippen molar-refractivity contribution < 1.29 is 5.11 Å². The summed E-state index contributed by atoms with van der Waals surface area (Å²) in [7, 11) is 0. The normalized spacial score (nSPS) is 11.6. The monoisotopic (exact) mass is 304 g/mol. The summed E-state index contributed by atoms with van der Waals surface area (Å²) in [5, 5.41) is 10.3. The Morgan fingerprint density at radius 3 is 2.28 bits per heavy atom. The number of phenolic OH excluding ortho intramolecular Hbond substituents is 1. The molecule has 94 valence electrons. The van der Waals surface area contributed by atoms with Crippen molar-refractivity contribution in [3.8, 4) is 5.75 Å². The van der Waals surface area contributed by atoms with Crippen LogP contribution in [0.15, 0.2) is 46.9 Å². The van der Waals surface area contributed by atoms with Crippen molar-refractivity contribution >= 4 is 15.9 Å². The number of halogens is 1. The molecular formula is C16H17BrO. The molecular weight excluding hydrogens is 288 g/mol. The Kier molecular flexibility index (Phi) is 3.49. The molecule has 0 aliphatic heterocycles. The molecule has 2 heteroatoms. The second kappa shape index (κ2) is 4.77. The summed E-state index contributed by atoms with van der Waals surface area (Å²) in [4.78, 5) is 0. The van der Waals surface area contributed by atoms with Crippen molar-refractivity contribution in [2.24, 2.45) is 0 Å². The van der Waals surface area contributed by atoms with Gasteiger partial charge < -0.3 is 5.11 Å². The van der Waals surface area contributed by atoms with E-state index in [4.69, 9.17) is 0 Å². The summed E-state index contributed by atoms with van der Waals surface area (Å²) in [6.45, 7) is 6.29. The Labute approximate surface area is 117 Å². The minimum absolute atomic E-state index is 0.222. The third kappa shape index (κ3) is 2.30. The van der Waals surface area contributed by atoms with Gasteiger partial charge in [0.2, 0.25) is 0 Å². The van der Waals surface area contributed by atoms with E-state index in [0.29, 0.717) is 5.75 Å². The van der Waals surface area contributed by atoms with Gasteiger partial charge in [-0.2, -0.15) is 0 Å². The molecule has 0 fully saturated rings. The van der Waals surface area contributed by atoms with E-state index < -0.39 is 0 Å². The Morgan fingerprint density at radius 1 is 1.06 bits per heavy atom. The summed E-state index contributed by atoms with van der Waals surface area (Å²) in [6, 6.07) is 14.2. The lowest BCUT2D eigenvalue weighted by molar-refractivity contribution is 0.449. The summed E-state index contributed by atoms with van der Waals surface area (Å²) >= 11 is 3.41. The predicted molar refractivity (Wildman–Crippen MR) is 79.1 cm³/mol. The Bertz CT molecular complexity index is 559. The van der Waals surface area contributed by atoms with Gasteiger partial charge in [0.15, 0.2) is 0 Å². The molecule has 0 spiro atoms. The van der Waals surface area contributed by atoms with Crippen LogP contribution >= 0.6 is 15.9 Å². The largest absolute Gasteiger partial charge is 0.506 e. The molecule has 0 saturated heterocycles. The molecule has 0 aliphatic carbocycles. The highest BCUT2D eigenvalue weighted by atomic mass is 79.9. The number of rotatable bonds is 2. The first-order valence-corrected chi connectivity index (χ1v) is 6.77. The lowest BCUT2D eigenvalue weighted by Crippen LogP contribution is -2.19. The van der Waals surface area contributed by atoms with Gasteiger partial charge in [-0.15, -0.1) is 0 Å². The zero-order chi connectivity index (χ0) is 13.3. The van der Waals surface area contributed by atoms with Gasteiger partial charge in [-0.3, -0.25) is 0 Å². The second-order valence-electron chi connectivity index (χ2n) is 5.13. The smallest absolute Gasteiger partial charge is 0.133 e. The Balaban J connectivity index is 2.61. The van der Waals surface area contributed by atoms with Crippen molar-refractivity contribution in [3.05, 3.63) is 63.6 Å². The Hall–Kier alpha value is -1.28. The van der Waals surface area contributed by atoms with E-state index in [1.807, 2.05) is 37.3 Å². The van der Waals surface area contributed by atoms with Gasteiger partial charge in [-0.05, 0) is 40.0 Å². The Morgan fingerprint density at radius 2 is 1.67 bits per heavy atom. The molecule has 0 aromatic heterocycles. The first-order valence-electron chi connectivity index (χ1n) is 5.98. The number of aryl methyl sites for hydroxylation is 1. The topological polar surface area (TPSA) is 20.2 Å². The fourth-order valence-electron chi connectivity index (χ4n) is 2.22. The number of aromatic hydroxyl groups is 1. The number of phenols is 1. The quantitative estimate of drug-likeness (QED) is 0.846. The van der Waals surface area contributed by atoms with Crippen LogP contribution < -0.4 is 0 Å². The van der Waals surface area contributed by atoms with E-state index >= 15 is 0 Å². The van der Waals surface area contributed by atoms with Crippen LogP contribution in [-0.4, -0.2) is 5.11 Å². The predicted octanol–water partition coefficient (Wildman–Crippen LogP) is 4.79. The molecule has 0 amide bonds. The maximum absolute atomic E-state index is 10.3. The SMILES string of the molecule is Cc1cc(Br)c(O)c(C(C)(C)c2ccccc2)c1. The number of hydrogen-bond donors (Lipinski definition) is 1. The molecule has 2 rings (SSSR count). The standard InChI is InChI=1S/C16H17BrO/c1-11-9-13(15(18)14(17)10-11)16(2,3)12-7-5-4-6-8-12/h4-10,18H,1-3H3. The first-order chi connectivity index (χ1) is 8.43. The van der Waals surface area contributed by atoms with Gasteiger partial charge in [-0.25, -0.2) is 0 Å². The van der Waals surface area contributed by atoms with E-state index in [1.165, 1.54) is 5.56 Å². The van der Waals surface area contributed by atoms with Crippen molar-refractivity contribution in [1.82, 2.24) is 0 Å². The van der Waals surface area contributed by atoms with Crippen LogP contribution in [0.1, 0.15) is 30.5 Å². The van der Waals surface area contributed by atoms with E-state index in [-0.39, 0.29) is 5.41 Å². The minimum atomic E-state index is -0.222. The third-order valence-corrected chi connectivity index (χ3v) is 3.98. The highest BCUT2D eigenvalue weighted by molar-refractivity contribution is 9.10. The van der Waals surface area contributed by atoms with Crippen molar-refractivity contribution in [2.45, 2.75) is 26.2 Å². The van der Waals surface area contributed by atoms with Gasteiger partial charge in [0.25, 0.3) is 0 Å². The maximum atomic E-state index is 10.3. The molecule has 0 aliphatic rings. The lowest BCUT2D eigenvalue weighted by atomic mass is 9.77. The molecule has 18 heavy (non-hydrogen) atoms. The lowest BCUT2D eigenvalue weighted by Gasteiger charge is -2.27. The van der Waals surface area contributed by atoms with E-state index in [1.54, 1.807) is 0 Å². The molecule has 0 saturated carbocycles. The molecule has 0 radical (unpaired) electrons. The first kappa shape index (κ1) is 13.2. The van der Waals surface area contributed by atoms with Crippen LogP contribution in [0.2, 0.25) is 0 Å². The zero-order valence-corrected chi connectivity index (χ0v) is 12.5. The van der Waals surface area contributed by atoms with Gasteiger partial charge in [0.1, 0.15) is 5.75 Å². The third-order valence-electron chi connectivity index (χ3n) is 3.38. The molecule has 2 aromatic rings. The fraction of sp³-hybridized carbons (Fsp3) is 0.250. The van der Waals surface area contributed by atoms with Gasteiger partial charge >= 0.3 is 0 Å². The van der Waals surface area contributed by atoms with Crippen LogP contribution in [0.25, 0.3) is 0 Å². The second-order valence-corrected chi connectivity index (χ2v) is 5.99. The van der Waals surface area contributed by atoms with Gasteiger partial charge in [-0.1, -0.05) is 50.2 Å². The minimum Gasteiger partial charge on any atom is -0.506 e. The summed E-state index contributed by atoms with van der Waals surface area (Å²) in [5.74, 6) is 0.328. The fourth-order valence-corrected chi connectivity index (χ4v) is 2.80. The maximum Gasteiger partial charge on any atom is 0.133 e. The average Bonchev–Trinajstić information content (AvgIpc) is 2.34. The van der Waals surface area contributed by atoms with Crippen LogP contribution in [-0.2, 0) is 5.41 Å². The van der Waals surface area contributed by atoms with E-state index in [9.17, 15) is 5.11 Å². The number of benzene rings is 2. The van der Waals surface area contributed by atoms with Crippen LogP contribution in [0.3, 0.4) is 0 Å². The van der Waals surface area contributed by atoms with Crippen molar-refractivity contribution in [2.75, 3.05) is 0 Å². The number of hydrogen-bond acceptors (Lipinski definition) is 1. The van der Waals surface area contributed by atoms with Crippen molar-refractivity contribution in [1.29, 1.82) is 0 Å². The van der Waals surface area contributed by atoms with Crippen LogP contribution in [0, 0.1) is 6.92 Å². The van der Waals surface area contributed by atoms with Crippen LogP contribution in [0.4, 0.5) is 0 Å². The summed E-state index contributed by atoms with van der Waals surface area (Å²) < 4.78 is 0.751. The molecule has 0 bridgehead atoms. The zero-order valence-electron chi connectivity index (χ0n) is 10.9. The molecule has 2 aromatic carbocycles. The molecule has 0 unspecified atom stereocenters. The van der Waals surface area contributed by atoms with E-state index in [0.717, 1.165) is 15.6 Å². The molecule has 1 N–H and O–H groups in total. The molecule has 0 atom stereocenters. The van der Waals surface area contributed by atoms with Crippen LogP contribution in [0.5, 0.6) is 5.75 Å². The molecule has 1 nitrogen and oxygen atoms in total. The molecule has 0 heterocycles.